The van der Waals surface area contributed by atoms with Crippen molar-refractivity contribution >= 4 is 17.8 Å². The third-order valence-electron chi connectivity index (χ3n) is 10.4. The summed E-state index contributed by atoms with van der Waals surface area (Å²) in [4.78, 5) is 42.3. The standard InChI is InChI=1S/C32H55N3O9/c1-13-23-32(9)26(35(33)30(39)44-32)19(5)18(4)16(2)15-31(8,40-12)27(20(6)24(36)21(7)28(38)42-23)43-29-25(37)22(34(10)11)14-17(3)41-29/h16-17,19-23,25-27,29,37H,4,13-15,33H2,1-3,5-12H3/t16?,17?,19?,20?,21?,22?,23-,25?,26?,27?,29?,31?,32?/m1/s1. The molecule has 0 aromatic heterocycles. The lowest BCUT2D eigenvalue weighted by Crippen LogP contribution is -2.60. The number of methoxy groups -OCH3 is 1. The summed E-state index contributed by atoms with van der Waals surface area (Å²) in [6.07, 6.45) is -3.48. The highest BCUT2D eigenvalue weighted by atomic mass is 16.7. The Labute approximate surface area is 262 Å². The number of esters is 1. The minimum Gasteiger partial charge on any atom is -0.458 e. The molecule has 12 heteroatoms. The second kappa shape index (κ2) is 13.7. The average molecular weight is 626 g/mol. The summed E-state index contributed by atoms with van der Waals surface area (Å²) in [7, 11) is 5.32. The van der Waals surface area contributed by atoms with Gasteiger partial charge in [0.25, 0.3) is 0 Å². The van der Waals surface area contributed by atoms with Gasteiger partial charge in [0.15, 0.2) is 17.7 Å². The van der Waals surface area contributed by atoms with Gasteiger partial charge in [0.2, 0.25) is 0 Å². The van der Waals surface area contributed by atoms with Crippen molar-refractivity contribution in [2.45, 2.75) is 129 Å². The molecule has 3 N–H and O–H groups in total. The van der Waals surface area contributed by atoms with E-state index in [4.69, 9.17) is 29.5 Å². The number of fused-ring (bicyclic) bond motifs is 1. The van der Waals surface area contributed by atoms with E-state index >= 15 is 0 Å². The summed E-state index contributed by atoms with van der Waals surface area (Å²) >= 11 is 0. The first-order valence-corrected chi connectivity index (χ1v) is 15.7. The number of hydrazine groups is 1. The van der Waals surface area contributed by atoms with Crippen LogP contribution in [0.5, 0.6) is 0 Å². The van der Waals surface area contributed by atoms with Crippen molar-refractivity contribution in [2.24, 2.45) is 29.5 Å². The van der Waals surface area contributed by atoms with Crippen molar-refractivity contribution in [1.29, 1.82) is 0 Å². The van der Waals surface area contributed by atoms with Gasteiger partial charge in [-0.15, -0.1) is 0 Å². The fraction of sp³-hybridized carbons (Fsp3) is 0.844. The summed E-state index contributed by atoms with van der Waals surface area (Å²) in [5, 5.41) is 12.3. The zero-order valence-electron chi connectivity index (χ0n) is 28.4. The highest BCUT2D eigenvalue weighted by molar-refractivity contribution is 6.00. The van der Waals surface area contributed by atoms with Crippen LogP contribution in [-0.4, -0.2) is 108 Å². The molecule has 3 saturated heterocycles. The summed E-state index contributed by atoms with van der Waals surface area (Å²) in [6, 6.07) is -0.932. The largest absolute Gasteiger partial charge is 0.458 e. The summed E-state index contributed by atoms with van der Waals surface area (Å²) in [5.74, 6) is 2.51. The minimum absolute atomic E-state index is 0.203. The van der Waals surface area contributed by atoms with Crippen LogP contribution in [0.4, 0.5) is 4.79 Å². The predicted octanol–water partition coefficient (Wildman–Crippen LogP) is 3.05. The molecule has 3 rings (SSSR count). The van der Waals surface area contributed by atoms with Gasteiger partial charge in [0.05, 0.1) is 17.8 Å². The summed E-state index contributed by atoms with van der Waals surface area (Å²) < 4.78 is 30.6. The third-order valence-corrected chi connectivity index (χ3v) is 10.4. The Bertz CT molecular complexity index is 1090. The molecule has 3 fully saturated rings. The number of nitrogens with zero attached hydrogens (tertiary/aromatic N) is 2. The van der Waals surface area contributed by atoms with Crippen molar-refractivity contribution in [2.75, 3.05) is 21.2 Å². The lowest BCUT2D eigenvalue weighted by molar-refractivity contribution is -0.295. The number of amides is 1. The zero-order chi connectivity index (χ0) is 33.5. The van der Waals surface area contributed by atoms with Crippen LogP contribution in [-0.2, 0) is 33.3 Å². The second-order valence-electron chi connectivity index (χ2n) is 13.8. The Kier molecular flexibility index (Phi) is 11.3. The Balaban J connectivity index is 2.11. The maximum atomic E-state index is 14.0. The van der Waals surface area contributed by atoms with Crippen LogP contribution in [0.2, 0.25) is 0 Å². The highest BCUT2D eigenvalue weighted by Crippen LogP contribution is 2.44. The number of aliphatic hydroxyl groups is 1. The number of nitrogens with two attached hydrogens (primary N) is 1. The Morgan fingerprint density at radius 1 is 1.11 bits per heavy atom. The molecule has 3 aliphatic heterocycles. The molecule has 0 bridgehead atoms. The van der Waals surface area contributed by atoms with Gasteiger partial charge in [-0.05, 0) is 67.0 Å². The van der Waals surface area contributed by atoms with Gasteiger partial charge in [-0.25, -0.2) is 15.6 Å². The molecule has 0 aliphatic carbocycles. The summed E-state index contributed by atoms with van der Waals surface area (Å²) in [6.45, 7) is 18.8. The van der Waals surface area contributed by atoms with E-state index < -0.39 is 71.5 Å². The molecule has 0 spiro atoms. The van der Waals surface area contributed by atoms with Crippen molar-refractivity contribution in [1.82, 2.24) is 9.91 Å². The van der Waals surface area contributed by atoms with E-state index in [9.17, 15) is 19.5 Å². The van der Waals surface area contributed by atoms with Crippen LogP contribution in [0.25, 0.3) is 0 Å². The van der Waals surface area contributed by atoms with E-state index in [0.717, 1.165) is 10.6 Å². The van der Waals surface area contributed by atoms with Crippen molar-refractivity contribution < 1.29 is 43.2 Å². The number of carbonyl (C=O) groups is 3. The quantitative estimate of drug-likeness (QED) is 0.153. The first kappa shape index (κ1) is 36.4. The Morgan fingerprint density at radius 2 is 1.73 bits per heavy atom. The molecule has 3 aliphatic rings. The van der Waals surface area contributed by atoms with Crippen LogP contribution in [0.3, 0.4) is 0 Å². The molecule has 3 heterocycles. The molecular weight excluding hydrogens is 570 g/mol. The number of Topliss-reactive ketones (excluding diaryl/α,β-unsaturated/α-hetero) is 1. The first-order valence-electron chi connectivity index (χ1n) is 15.7. The van der Waals surface area contributed by atoms with Gasteiger partial charge in [0.1, 0.15) is 24.2 Å². The fourth-order valence-corrected chi connectivity index (χ4v) is 7.49. The number of hydrogen-bond donors (Lipinski definition) is 2. The van der Waals surface area contributed by atoms with Crippen LogP contribution in [0.1, 0.15) is 74.7 Å². The van der Waals surface area contributed by atoms with Gasteiger partial charge >= 0.3 is 12.1 Å². The average Bonchev–Trinajstić information content (AvgIpc) is 3.20. The van der Waals surface area contributed by atoms with Gasteiger partial charge in [-0.1, -0.05) is 39.8 Å². The number of carbonyl (C=O) groups excluding carboxylic acids is 3. The van der Waals surface area contributed by atoms with Gasteiger partial charge in [0, 0.05) is 25.0 Å². The van der Waals surface area contributed by atoms with E-state index in [0.29, 0.717) is 19.3 Å². The van der Waals surface area contributed by atoms with E-state index in [1.807, 2.05) is 53.6 Å². The Hall–Kier alpha value is -2.09. The SMILES string of the molecule is C=C1C(C)CC(C)(OC)C(OC2OC(C)CC(N(C)C)C2O)C(C)C(=O)C(C)C(=O)O[C@H](CC)C2(C)OC(=O)N(N)C2C1C. The van der Waals surface area contributed by atoms with E-state index in [-0.39, 0.29) is 24.0 Å². The number of ether oxygens (including phenoxy) is 5. The van der Waals surface area contributed by atoms with Gasteiger partial charge in [-0.3, -0.25) is 9.59 Å². The number of aliphatic hydroxyl groups excluding tert-OH is 1. The van der Waals surface area contributed by atoms with Crippen LogP contribution in [0, 0.1) is 23.7 Å². The molecule has 1 amide bonds. The van der Waals surface area contributed by atoms with Crippen molar-refractivity contribution in [3.8, 4) is 0 Å². The monoisotopic (exact) mass is 625 g/mol. The minimum atomic E-state index is -1.29. The third kappa shape index (κ3) is 6.71. The Morgan fingerprint density at radius 3 is 2.27 bits per heavy atom. The maximum Gasteiger partial charge on any atom is 0.425 e. The number of cyclic esters (lactones) is 1. The molecule has 0 aromatic carbocycles. The van der Waals surface area contributed by atoms with E-state index in [1.54, 1.807) is 21.0 Å². The normalized spacial score (nSPS) is 44.7. The molecule has 13 atom stereocenters. The lowest BCUT2D eigenvalue weighted by atomic mass is 9.72. The van der Waals surface area contributed by atoms with Crippen molar-refractivity contribution in [3.05, 3.63) is 12.2 Å². The molecule has 12 unspecified atom stereocenters. The smallest absolute Gasteiger partial charge is 0.425 e. The van der Waals surface area contributed by atoms with E-state index in [2.05, 4.69) is 6.58 Å². The van der Waals surface area contributed by atoms with Gasteiger partial charge in [-0.2, -0.15) is 0 Å². The number of hydrogen-bond acceptors (Lipinski definition) is 11. The number of likely N-dealkylation sites (N-methyl/N-ethyl adjacent to an activating group) is 1. The number of rotatable bonds is 5. The molecule has 0 aromatic rings. The van der Waals surface area contributed by atoms with Gasteiger partial charge < -0.3 is 33.7 Å². The number of ketones is 1. The molecule has 0 saturated carbocycles. The predicted molar refractivity (Wildman–Crippen MR) is 163 cm³/mol. The molecule has 0 radical (unpaired) electrons. The highest BCUT2D eigenvalue weighted by Gasteiger charge is 2.59. The topological polar surface area (TPSA) is 150 Å². The lowest BCUT2D eigenvalue weighted by Gasteiger charge is -2.47. The first-order chi connectivity index (χ1) is 20.3. The second-order valence-corrected chi connectivity index (χ2v) is 13.8. The van der Waals surface area contributed by atoms with Crippen LogP contribution < -0.4 is 5.84 Å². The molecule has 44 heavy (non-hydrogen) atoms. The summed E-state index contributed by atoms with van der Waals surface area (Å²) in [5.41, 5.74) is -1.61. The molecular formula is C32H55N3O9. The van der Waals surface area contributed by atoms with Crippen molar-refractivity contribution in [3.63, 3.8) is 0 Å². The molecule has 12 nitrogen and oxygen atoms in total. The van der Waals surface area contributed by atoms with Crippen LogP contribution >= 0.6 is 0 Å². The zero-order valence-corrected chi connectivity index (χ0v) is 28.4. The maximum absolute atomic E-state index is 14.0. The van der Waals surface area contributed by atoms with E-state index in [1.165, 1.54) is 6.92 Å². The molecule has 252 valence electrons. The fourth-order valence-electron chi connectivity index (χ4n) is 7.49. The van der Waals surface area contributed by atoms with Crippen LogP contribution in [0.15, 0.2) is 12.2 Å².